The first kappa shape index (κ1) is 10.5. The summed E-state index contributed by atoms with van der Waals surface area (Å²) in [5.41, 5.74) is 0. The third-order valence-electron chi connectivity index (χ3n) is 2.83. The van der Waals surface area contributed by atoms with E-state index in [2.05, 4.69) is 17.1 Å². The maximum absolute atomic E-state index is 11.1. The molecule has 0 aromatic carbocycles. The van der Waals surface area contributed by atoms with Crippen LogP contribution in [-0.2, 0) is 4.79 Å². The predicted octanol–water partition coefficient (Wildman–Crippen LogP) is 0.854. The topological polar surface area (TPSA) is 32.3 Å². The molecule has 1 unspecified atom stereocenters. The van der Waals surface area contributed by atoms with Crippen LogP contribution in [0, 0.1) is 5.92 Å². The van der Waals surface area contributed by atoms with Crippen molar-refractivity contribution < 1.29 is 4.79 Å². The van der Waals surface area contributed by atoms with Gasteiger partial charge in [0.25, 0.3) is 0 Å². The zero-order valence-corrected chi connectivity index (χ0v) is 8.68. The van der Waals surface area contributed by atoms with Crippen LogP contribution in [0.25, 0.3) is 0 Å². The van der Waals surface area contributed by atoms with E-state index in [0.29, 0.717) is 6.54 Å². The second-order valence-corrected chi connectivity index (χ2v) is 3.82. The van der Waals surface area contributed by atoms with E-state index in [1.807, 2.05) is 0 Å². The van der Waals surface area contributed by atoms with Crippen LogP contribution >= 0.6 is 0 Å². The summed E-state index contributed by atoms with van der Waals surface area (Å²) in [6, 6.07) is 0. The highest BCUT2D eigenvalue weighted by molar-refractivity contribution is 5.77. The molecule has 76 valence electrons. The second-order valence-electron chi connectivity index (χ2n) is 3.82. The van der Waals surface area contributed by atoms with Crippen LogP contribution in [0.1, 0.15) is 26.2 Å². The second kappa shape index (κ2) is 5.22. The molecule has 3 nitrogen and oxygen atoms in total. The zero-order chi connectivity index (χ0) is 9.68. The third kappa shape index (κ3) is 3.35. The Morgan fingerprint density at radius 2 is 2.38 bits per heavy atom. The van der Waals surface area contributed by atoms with Gasteiger partial charge in [-0.3, -0.25) is 9.69 Å². The summed E-state index contributed by atoms with van der Waals surface area (Å²) in [7, 11) is 1.70. The van der Waals surface area contributed by atoms with Gasteiger partial charge in [0.1, 0.15) is 0 Å². The first-order valence-electron chi connectivity index (χ1n) is 5.19. The molecular weight excluding hydrogens is 164 g/mol. The summed E-state index contributed by atoms with van der Waals surface area (Å²) in [5, 5.41) is 2.66. The molecule has 0 aromatic rings. The highest BCUT2D eigenvalue weighted by Gasteiger charge is 2.19. The predicted molar refractivity (Wildman–Crippen MR) is 53.5 cm³/mol. The Hall–Kier alpha value is -0.570. The fourth-order valence-electron chi connectivity index (χ4n) is 1.91. The molecule has 0 radical (unpaired) electrons. The van der Waals surface area contributed by atoms with Crippen molar-refractivity contribution in [1.29, 1.82) is 0 Å². The van der Waals surface area contributed by atoms with E-state index >= 15 is 0 Å². The Morgan fingerprint density at radius 1 is 1.62 bits per heavy atom. The highest BCUT2D eigenvalue weighted by atomic mass is 16.1. The first-order chi connectivity index (χ1) is 6.26. The van der Waals surface area contributed by atoms with E-state index in [1.165, 1.54) is 19.3 Å². The highest BCUT2D eigenvalue weighted by Crippen LogP contribution is 2.18. The minimum Gasteiger partial charge on any atom is -0.358 e. The van der Waals surface area contributed by atoms with Gasteiger partial charge in [-0.25, -0.2) is 0 Å². The minimum absolute atomic E-state index is 0.136. The molecule has 0 bridgehead atoms. The summed E-state index contributed by atoms with van der Waals surface area (Å²) in [4.78, 5) is 13.4. The summed E-state index contributed by atoms with van der Waals surface area (Å²) >= 11 is 0. The van der Waals surface area contributed by atoms with Gasteiger partial charge in [-0.2, -0.15) is 0 Å². The van der Waals surface area contributed by atoms with Gasteiger partial charge in [0.05, 0.1) is 6.54 Å². The van der Waals surface area contributed by atoms with Crippen molar-refractivity contribution in [2.24, 2.45) is 5.92 Å². The van der Waals surface area contributed by atoms with Crippen molar-refractivity contribution >= 4 is 5.91 Å². The SMILES string of the molecule is CCC1CCCN(CC(=O)NC)C1. The number of nitrogens with zero attached hydrogens (tertiary/aromatic N) is 1. The smallest absolute Gasteiger partial charge is 0.233 e. The van der Waals surface area contributed by atoms with Crippen LogP contribution in [0.3, 0.4) is 0 Å². The average molecular weight is 184 g/mol. The maximum atomic E-state index is 11.1. The van der Waals surface area contributed by atoms with Gasteiger partial charge >= 0.3 is 0 Å². The van der Waals surface area contributed by atoms with Crippen LogP contribution in [-0.4, -0.2) is 37.5 Å². The largest absolute Gasteiger partial charge is 0.358 e. The monoisotopic (exact) mass is 184 g/mol. The number of piperidine rings is 1. The lowest BCUT2D eigenvalue weighted by Gasteiger charge is -2.31. The Morgan fingerprint density at radius 3 is 3.00 bits per heavy atom. The molecule has 1 heterocycles. The standard InChI is InChI=1S/C10H20N2O/c1-3-9-5-4-6-12(7-9)8-10(13)11-2/h9H,3-8H2,1-2H3,(H,11,13). The molecule has 13 heavy (non-hydrogen) atoms. The van der Waals surface area contributed by atoms with Gasteiger partial charge in [-0.15, -0.1) is 0 Å². The molecule has 1 rings (SSSR count). The van der Waals surface area contributed by atoms with Crippen molar-refractivity contribution in [2.45, 2.75) is 26.2 Å². The van der Waals surface area contributed by atoms with E-state index in [-0.39, 0.29) is 5.91 Å². The Labute approximate surface area is 80.5 Å². The number of likely N-dealkylation sites (tertiary alicyclic amines) is 1. The van der Waals surface area contributed by atoms with E-state index in [9.17, 15) is 4.79 Å². The number of rotatable bonds is 3. The minimum atomic E-state index is 0.136. The zero-order valence-electron chi connectivity index (χ0n) is 8.68. The van der Waals surface area contributed by atoms with Crippen LogP contribution in [0.4, 0.5) is 0 Å². The van der Waals surface area contributed by atoms with Gasteiger partial charge < -0.3 is 5.32 Å². The Balaban J connectivity index is 2.29. The number of likely N-dealkylation sites (N-methyl/N-ethyl adjacent to an activating group) is 1. The van der Waals surface area contributed by atoms with Crippen molar-refractivity contribution in [2.75, 3.05) is 26.7 Å². The third-order valence-corrected chi connectivity index (χ3v) is 2.83. The van der Waals surface area contributed by atoms with Gasteiger partial charge in [-0.05, 0) is 25.3 Å². The average Bonchev–Trinajstić information content (AvgIpc) is 2.18. The van der Waals surface area contributed by atoms with Gasteiger partial charge in [0.15, 0.2) is 0 Å². The molecule has 1 N–H and O–H groups in total. The number of nitrogens with one attached hydrogen (secondary N) is 1. The number of amides is 1. The van der Waals surface area contributed by atoms with E-state index < -0.39 is 0 Å². The van der Waals surface area contributed by atoms with E-state index in [1.54, 1.807) is 7.05 Å². The molecule has 1 amide bonds. The molecule has 1 atom stereocenters. The lowest BCUT2D eigenvalue weighted by molar-refractivity contribution is -0.122. The lowest BCUT2D eigenvalue weighted by atomic mass is 9.96. The number of hydrogen-bond acceptors (Lipinski definition) is 2. The quantitative estimate of drug-likeness (QED) is 0.705. The summed E-state index contributed by atoms with van der Waals surface area (Å²) in [5.74, 6) is 0.940. The molecule has 1 saturated heterocycles. The van der Waals surface area contributed by atoms with Crippen molar-refractivity contribution in [3.05, 3.63) is 0 Å². The van der Waals surface area contributed by atoms with E-state index in [0.717, 1.165) is 19.0 Å². The van der Waals surface area contributed by atoms with Gasteiger partial charge in [0, 0.05) is 13.6 Å². The normalized spacial score (nSPS) is 24.3. The fraction of sp³-hybridized carbons (Fsp3) is 0.900. The summed E-state index contributed by atoms with van der Waals surface area (Å²) in [6.45, 7) is 4.99. The summed E-state index contributed by atoms with van der Waals surface area (Å²) in [6.07, 6.45) is 3.82. The maximum Gasteiger partial charge on any atom is 0.233 e. The molecular formula is C10H20N2O. The molecule has 0 spiro atoms. The van der Waals surface area contributed by atoms with Crippen LogP contribution < -0.4 is 5.32 Å². The number of carbonyl (C=O) groups is 1. The summed E-state index contributed by atoms with van der Waals surface area (Å²) < 4.78 is 0. The van der Waals surface area contributed by atoms with Crippen molar-refractivity contribution in [3.8, 4) is 0 Å². The van der Waals surface area contributed by atoms with Gasteiger partial charge in [-0.1, -0.05) is 13.3 Å². The van der Waals surface area contributed by atoms with Crippen LogP contribution in [0.5, 0.6) is 0 Å². The van der Waals surface area contributed by atoms with E-state index in [4.69, 9.17) is 0 Å². The lowest BCUT2D eigenvalue weighted by Crippen LogP contribution is -2.41. The molecule has 1 aliphatic heterocycles. The molecule has 1 aliphatic rings. The number of hydrogen-bond donors (Lipinski definition) is 1. The fourth-order valence-corrected chi connectivity index (χ4v) is 1.91. The van der Waals surface area contributed by atoms with Gasteiger partial charge in [0.2, 0.25) is 5.91 Å². The van der Waals surface area contributed by atoms with Crippen LogP contribution in [0.15, 0.2) is 0 Å². The Kier molecular flexibility index (Phi) is 4.22. The molecule has 0 saturated carbocycles. The van der Waals surface area contributed by atoms with Crippen molar-refractivity contribution in [1.82, 2.24) is 10.2 Å². The number of carbonyl (C=O) groups excluding carboxylic acids is 1. The molecule has 0 aliphatic carbocycles. The molecule has 3 heteroatoms. The first-order valence-corrected chi connectivity index (χ1v) is 5.19. The van der Waals surface area contributed by atoms with Crippen molar-refractivity contribution in [3.63, 3.8) is 0 Å². The molecule has 1 fully saturated rings. The molecule has 0 aromatic heterocycles. The Bertz CT molecular complexity index is 170. The van der Waals surface area contributed by atoms with Crippen LogP contribution in [0.2, 0.25) is 0 Å².